The number of amides is 2. The SMILES string of the molecule is CC(C)[C@H]1CC[C@H](C)C[C@H]1OC(=O)c1cccc(N2C(=O)[C@@H]3[C@@H]4CC[C@@H](C4)[C@@H]3C2=O)c1. The van der Waals surface area contributed by atoms with E-state index in [1.165, 1.54) is 11.3 Å². The number of fused-ring (bicyclic) bond motifs is 5. The van der Waals surface area contributed by atoms with Crippen LogP contribution in [0.25, 0.3) is 0 Å². The number of hydrogen-bond acceptors (Lipinski definition) is 4. The molecule has 1 aromatic rings. The quantitative estimate of drug-likeness (QED) is 0.513. The van der Waals surface area contributed by atoms with Gasteiger partial charge in [-0.2, -0.15) is 0 Å². The Balaban J connectivity index is 1.35. The van der Waals surface area contributed by atoms with Crippen molar-refractivity contribution < 1.29 is 19.1 Å². The highest BCUT2D eigenvalue weighted by atomic mass is 16.5. The molecule has 4 fully saturated rings. The molecule has 31 heavy (non-hydrogen) atoms. The Morgan fingerprint density at radius 2 is 1.68 bits per heavy atom. The molecule has 0 N–H and O–H groups in total. The zero-order chi connectivity index (χ0) is 21.9. The van der Waals surface area contributed by atoms with E-state index in [0.717, 1.165) is 32.1 Å². The Kier molecular flexibility index (Phi) is 5.18. The summed E-state index contributed by atoms with van der Waals surface area (Å²) in [6.45, 7) is 6.60. The number of benzene rings is 1. The third-order valence-corrected chi connectivity index (χ3v) is 8.49. The summed E-state index contributed by atoms with van der Waals surface area (Å²) in [5, 5.41) is 0. The van der Waals surface area contributed by atoms with E-state index in [0.29, 0.717) is 40.8 Å². The van der Waals surface area contributed by atoms with Crippen molar-refractivity contribution in [2.24, 2.45) is 41.4 Å². The average molecular weight is 424 g/mol. The Morgan fingerprint density at radius 3 is 2.32 bits per heavy atom. The molecule has 2 bridgehead atoms. The second-order valence-electron chi connectivity index (χ2n) is 10.7. The van der Waals surface area contributed by atoms with Gasteiger partial charge in [-0.1, -0.05) is 33.3 Å². The van der Waals surface area contributed by atoms with E-state index in [9.17, 15) is 14.4 Å². The van der Waals surface area contributed by atoms with Crippen LogP contribution in [0.1, 0.15) is 69.7 Å². The van der Waals surface area contributed by atoms with Crippen LogP contribution in [-0.4, -0.2) is 23.9 Å². The zero-order valence-corrected chi connectivity index (χ0v) is 18.8. The molecule has 0 unspecified atom stereocenters. The molecule has 1 saturated heterocycles. The standard InChI is InChI=1S/C26H33NO4/c1-14(2)20-10-7-15(3)11-21(20)31-26(30)18-5-4-6-19(13-18)27-24(28)22-16-8-9-17(12-16)23(22)25(27)29/h4-6,13-17,20-23H,7-12H2,1-3H3/t15-,16-,17+,20+,21+,22-,23+/m0/s1. The molecule has 0 aromatic heterocycles. The van der Waals surface area contributed by atoms with Crippen LogP contribution >= 0.6 is 0 Å². The molecule has 5 rings (SSSR count). The van der Waals surface area contributed by atoms with E-state index in [1.807, 2.05) is 0 Å². The van der Waals surface area contributed by atoms with Crippen LogP contribution in [0.3, 0.4) is 0 Å². The number of ether oxygens (including phenoxy) is 1. The van der Waals surface area contributed by atoms with Crippen LogP contribution in [0.2, 0.25) is 0 Å². The summed E-state index contributed by atoms with van der Waals surface area (Å²) >= 11 is 0. The Labute approximate surface area is 184 Å². The molecule has 7 atom stereocenters. The van der Waals surface area contributed by atoms with E-state index in [1.54, 1.807) is 24.3 Å². The van der Waals surface area contributed by atoms with Crippen LogP contribution in [0.4, 0.5) is 5.69 Å². The first-order valence-electron chi connectivity index (χ1n) is 12.0. The fraction of sp³-hybridized carbons (Fsp3) is 0.654. The highest BCUT2D eigenvalue weighted by Gasteiger charge is 2.61. The fourth-order valence-electron chi connectivity index (χ4n) is 6.89. The first-order chi connectivity index (χ1) is 14.8. The lowest BCUT2D eigenvalue weighted by atomic mass is 9.75. The third-order valence-electron chi connectivity index (χ3n) is 8.49. The maximum atomic E-state index is 13.1. The van der Waals surface area contributed by atoms with Gasteiger partial charge in [0.25, 0.3) is 0 Å². The van der Waals surface area contributed by atoms with E-state index in [-0.39, 0.29) is 35.7 Å². The second-order valence-corrected chi connectivity index (χ2v) is 10.7. The number of carbonyl (C=O) groups excluding carboxylic acids is 3. The van der Waals surface area contributed by atoms with Crippen molar-refractivity contribution >= 4 is 23.5 Å². The van der Waals surface area contributed by atoms with Crippen molar-refractivity contribution in [2.45, 2.75) is 65.4 Å². The molecule has 1 aliphatic heterocycles. The lowest BCUT2D eigenvalue weighted by Crippen LogP contribution is -2.36. The number of rotatable bonds is 4. The molecular formula is C26H33NO4. The second kappa shape index (κ2) is 7.75. The lowest BCUT2D eigenvalue weighted by Gasteiger charge is -2.36. The highest BCUT2D eigenvalue weighted by Crippen LogP contribution is 2.56. The number of anilines is 1. The normalized spacial score (nSPS) is 36.9. The molecule has 1 heterocycles. The minimum Gasteiger partial charge on any atom is -0.458 e. The van der Waals surface area contributed by atoms with Crippen molar-refractivity contribution in [3.05, 3.63) is 29.8 Å². The smallest absolute Gasteiger partial charge is 0.338 e. The molecule has 2 amide bonds. The summed E-state index contributed by atoms with van der Waals surface area (Å²) in [5.41, 5.74) is 0.925. The van der Waals surface area contributed by atoms with Crippen molar-refractivity contribution in [1.82, 2.24) is 0 Å². The Morgan fingerprint density at radius 1 is 1.00 bits per heavy atom. The van der Waals surface area contributed by atoms with Gasteiger partial charge in [0.2, 0.25) is 11.8 Å². The largest absolute Gasteiger partial charge is 0.458 e. The maximum Gasteiger partial charge on any atom is 0.338 e. The Bertz CT molecular complexity index is 880. The summed E-state index contributed by atoms with van der Waals surface area (Å²) < 4.78 is 5.98. The number of imide groups is 1. The molecule has 0 radical (unpaired) electrons. The monoisotopic (exact) mass is 423 g/mol. The topological polar surface area (TPSA) is 63.7 Å². The van der Waals surface area contributed by atoms with Gasteiger partial charge in [0.1, 0.15) is 6.10 Å². The van der Waals surface area contributed by atoms with Crippen molar-refractivity contribution in [3.63, 3.8) is 0 Å². The summed E-state index contributed by atoms with van der Waals surface area (Å²) in [6.07, 6.45) is 6.20. The number of hydrogen-bond donors (Lipinski definition) is 0. The zero-order valence-electron chi connectivity index (χ0n) is 18.8. The van der Waals surface area contributed by atoms with Gasteiger partial charge in [-0.15, -0.1) is 0 Å². The highest BCUT2D eigenvalue weighted by molar-refractivity contribution is 6.22. The number of esters is 1. The minimum atomic E-state index is -0.356. The predicted molar refractivity (Wildman–Crippen MR) is 117 cm³/mol. The van der Waals surface area contributed by atoms with Gasteiger partial charge in [-0.05, 0) is 79.9 Å². The minimum absolute atomic E-state index is 0.0753. The van der Waals surface area contributed by atoms with Crippen LogP contribution in [0, 0.1) is 41.4 Å². The van der Waals surface area contributed by atoms with Gasteiger partial charge >= 0.3 is 5.97 Å². The summed E-state index contributed by atoms with van der Waals surface area (Å²) in [6, 6.07) is 6.89. The molecule has 0 spiro atoms. The lowest BCUT2D eigenvalue weighted by molar-refractivity contribution is -0.123. The summed E-state index contributed by atoms with van der Waals surface area (Å²) in [4.78, 5) is 40.6. The van der Waals surface area contributed by atoms with E-state index < -0.39 is 0 Å². The molecule has 3 aliphatic carbocycles. The van der Waals surface area contributed by atoms with Crippen molar-refractivity contribution in [2.75, 3.05) is 4.90 Å². The third kappa shape index (κ3) is 3.41. The maximum absolute atomic E-state index is 13.1. The molecule has 166 valence electrons. The number of carbonyl (C=O) groups is 3. The first-order valence-corrected chi connectivity index (χ1v) is 12.0. The van der Waals surface area contributed by atoms with Crippen LogP contribution < -0.4 is 4.90 Å². The summed E-state index contributed by atoms with van der Waals surface area (Å²) in [7, 11) is 0. The van der Waals surface area contributed by atoms with Crippen molar-refractivity contribution in [3.8, 4) is 0 Å². The summed E-state index contributed by atoms with van der Waals surface area (Å²) in [5.74, 6) is 1.28. The molecular weight excluding hydrogens is 390 g/mol. The molecule has 1 aromatic carbocycles. The van der Waals surface area contributed by atoms with Gasteiger partial charge in [-0.25, -0.2) is 4.79 Å². The fourth-order valence-corrected chi connectivity index (χ4v) is 6.89. The van der Waals surface area contributed by atoms with E-state index in [4.69, 9.17) is 4.74 Å². The molecule has 4 aliphatic rings. The number of nitrogens with zero attached hydrogens (tertiary/aromatic N) is 1. The Hall–Kier alpha value is -2.17. The van der Waals surface area contributed by atoms with E-state index >= 15 is 0 Å². The first kappa shape index (κ1) is 20.7. The van der Waals surface area contributed by atoms with Crippen molar-refractivity contribution in [1.29, 1.82) is 0 Å². The molecule has 3 saturated carbocycles. The van der Waals surface area contributed by atoms with Gasteiger partial charge < -0.3 is 4.74 Å². The van der Waals surface area contributed by atoms with E-state index in [2.05, 4.69) is 20.8 Å². The van der Waals surface area contributed by atoms with Gasteiger partial charge in [0.15, 0.2) is 0 Å². The van der Waals surface area contributed by atoms with Crippen LogP contribution in [-0.2, 0) is 14.3 Å². The van der Waals surface area contributed by atoms with Gasteiger partial charge in [0, 0.05) is 0 Å². The molecule has 5 nitrogen and oxygen atoms in total. The van der Waals surface area contributed by atoms with Gasteiger partial charge in [-0.3, -0.25) is 14.5 Å². The molecule has 5 heteroatoms. The van der Waals surface area contributed by atoms with Crippen LogP contribution in [0.5, 0.6) is 0 Å². The average Bonchev–Trinajstić information content (AvgIpc) is 3.41. The van der Waals surface area contributed by atoms with Gasteiger partial charge in [0.05, 0.1) is 23.1 Å². The predicted octanol–water partition coefficient (Wildman–Crippen LogP) is 4.84. The van der Waals surface area contributed by atoms with Crippen LogP contribution in [0.15, 0.2) is 24.3 Å².